The molecule has 1 aliphatic heterocycles. The molecule has 0 aromatic carbocycles. The Morgan fingerprint density at radius 3 is 2.89 bits per heavy atom. The van der Waals surface area contributed by atoms with Gasteiger partial charge in [-0.25, -0.2) is 4.79 Å². The second kappa shape index (κ2) is 5.14. The van der Waals surface area contributed by atoms with Gasteiger partial charge in [-0.1, -0.05) is 0 Å². The summed E-state index contributed by atoms with van der Waals surface area (Å²) in [7, 11) is 1.52. The molecule has 0 saturated carbocycles. The third-order valence-electron chi connectivity index (χ3n) is 3.05. The van der Waals surface area contributed by atoms with Crippen LogP contribution in [0.4, 0.5) is 0 Å². The Morgan fingerprint density at radius 1 is 1.56 bits per heavy atom. The number of methoxy groups -OCH3 is 1. The average Bonchev–Trinajstić information content (AvgIpc) is 2.83. The molecule has 1 aromatic rings. The standard InChI is InChI=1S/C12H14N2O4/c1-18-9-5-10(12(16)17)14(7-9)11(15)8-3-2-4-13-6-8/h2-4,6,9-10H,5,7H2,1H3,(H,16,17). The number of hydrogen-bond donors (Lipinski definition) is 1. The highest BCUT2D eigenvalue weighted by Crippen LogP contribution is 2.22. The number of pyridine rings is 1. The van der Waals surface area contributed by atoms with Crippen molar-refractivity contribution in [3.05, 3.63) is 30.1 Å². The van der Waals surface area contributed by atoms with Crippen molar-refractivity contribution in [3.63, 3.8) is 0 Å². The number of carboxylic acids is 1. The van der Waals surface area contributed by atoms with Crippen LogP contribution in [0.2, 0.25) is 0 Å². The molecule has 1 fully saturated rings. The molecule has 0 aliphatic carbocycles. The van der Waals surface area contributed by atoms with Crippen molar-refractivity contribution in [1.82, 2.24) is 9.88 Å². The number of carbonyl (C=O) groups is 2. The predicted molar refractivity (Wildman–Crippen MR) is 62.1 cm³/mol. The van der Waals surface area contributed by atoms with E-state index in [1.165, 1.54) is 18.2 Å². The topological polar surface area (TPSA) is 79.7 Å². The van der Waals surface area contributed by atoms with Gasteiger partial charge in [0.05, 0.1) is 11.7 Å². The van der Waals surface area contributed by atoms with E-state index in [9.17, 15) is 9.59 Å². The zero-order valence-electron chi connectivity index (χ0n) is 9.94. The number of carboxylic acid groups (broad SMARTS) is 1. The predicted octanol–water partition coefficient (Wildman–Crippen LogP) is 0.396. The van der Waals surface area contributed by atoms with Crippen LogP contribution in [0.15, 0.2) is 24.5 Å². The normalized spacial score (nSPS) is 23.1. The van der Waals surface area contributed by atoms with E-state index in [4.69, 9.17) is 9.84 Å². The lowest BCUT2D eigenvalue weighted by Gasteiger charge is -2.20. The molecule has 6 heteroatoms. The Hall–Kier alpha value is -1.95. The lowest BCUT2D eigenvalue weighted by molar-refractivity contribution is -0.141. The number of rotatable bonds is 3. The SMILES string of the molecule is COC1CC(C(=O)O)N(C(=O)c2cccnc2)C1. The number of likely N-dealkylation sites (tertiary alicyclic amines) is 1. The molecule has 96 valence electrons. The Balaban J connectivity index is 2.21. The highest BCUT2D eigenvalue weighted by Gasteiger charge is 2.40. The molecule has 1 saturated heterocycles. The first-order chi connectivity index (χ1) is 8.63. The molecule has 18 heavy (non-hydrogen) atoms. The van der Waals surface area contributed by atoms with Gasteiger partial charge in [-0.2, -0.15) is 0 Å². The molecular weight excluding hydrogens is 236 g/mol. The van der Waals surface area contributed by atoms with E-state index < -0.39 is 12.0 Å². The highest BCUT2D eigenvalue weighted by atomic mass is 16.5. The molecule has 0 bridgehead atoms. The third kappa shape index (κ3) is 2.33. The van der Waals surface area contributed by atoms with Gasteiger partial charge in [0, 0.05) is 32.5 Å². The van der Waals surface area contributed by atoms with Crippen molar-refractivity contribution in [2.75, 3.05) is 13.7 Å². The summed E-state index contributed by atoms with van der Waals surface area (Å²) in [4.78, 5) is 28.5. The third-order valence-corrected chi connectivity index (χ3v) is 3.05. The minimum absolute atomic E-state index is 0.230. The monoisotopic (exact) mass is 250 g/mol. The molecule has 2 rings (SSSR count). The van der Waals surface area contributed by atoms with E-state index in [0.717, 1.165) is 0 Å². The summed E-state index contributed by atoms with van der Waals surface area (Å²) in [5, 5.41) is 9.13. The van der Waals surface area contributed by atoms with Gasteiger partial charge < -0.3 is 14.7 Å². The minimum atomic E-state index is -1.01. The van der Waals surface area contributed by atoms with Gasteiger partial charge in [-0.3, -0.25) is 9.78 Å². The summed E-state index contributed by atoms with van der Waals surface area (Å²) >= 11 is 0. The van der Waals surface area contributed by atoms with Crippen molar-refractivity contribution in [2.24, 2.45) is 0 Å². The maximum Gasteiger partial charge on any atom is 0.326 e. The Kier molecular flexibility index (Phi) is 3.57. The second-order valence-corrected chi connectivity index (χ2v) is 4.15. The Bertz CT molecular complexity index is 449. The first-order valence-electron chi connectivity index (χ1n) is 5.60. The largest absolute Gasteiger partial charge is 0.480 e. The number of ether oxygens (including phenoxy) is 1. The lowest BCUT2D eigenvalue weighted by atomic mass is 10.2. The first kappa shape index (κ1) is 12.5. The highest BCUT2D eigenvalue weighted by molar-refractivity contribution is 5.96. The Labute approximate surface area is 104 Å². The van der Waals surface area contributed by atoms with E-state index >= 15 is 0 Å². The van der Waals surface area contributed by atoms with E-state index in [1.807, 2.05) is 0 Å². The molecule has 2 atom stereocenters. The smallest absolute Gasteiger partial charge is 0.326 e. The van der Waals surface area contributed by atoms with Gasteiger partial charge in [0.25, 0.3) is 5.91 Å². The Morgan fingerprint density at radius 2 is 2.33 bits per heavy atom. The molecule has 2 heterocycles. The van der Waals surface area contributed by atoms with Gasteiger partial charge in [0.2, 0.25) is 0 Å². The maximum absolute atomic E-state index is 12.2. The van der Waals surface area contributed by atoms with Gasteiger partial charge >= 0.3 is 5.97 Å². The lowest BCUT2D eigenvalue weighted by Crippen LogP contribution is -2.40. The minimum Gasteiger partial charge on any atom is -0.480 e. The fourth-order valence-electron chi connectivity index (χ4n) is 2.08. The summed E-state index contributed by atoms with van der Waals surface area (Å²) in [6, 6.07) is 2.43. The van der Waals surface area contributed by atoms with Crippen LogP contribution in [-0.4, -0.2) is 52.7 Å². The summed E-state index contributed by atoms with van der Waals surface area (Å²) < 4.78 is 5.13. The van der Waals surface area contributed by atoms with Crippen LogP contribution in [0, 0.1) is 0 Å². The number of hydrogen-bond acceptors (Lipinski definition) is 4. The van der Waals surface area contributed by atoms with E-state index in [2.05, 4.69) is 4.98 Å². The van der Waals surface area contributed by atoms with Crippen molar-refractivity contribution in [3.8, 4) is 0 Å². The number of amides is 1. The van der Waals surface area contributed by atoms with Gasteiger partial charge in [-0.05, 0) is 12.1 Å². The van der Waals surface area contributed by atoms with E-state index in [1.54, 1.807) is 18.3 Å². The van der Waals surface area contributed by atoms with Gasteiger partial charge in [0.15, 0.2) is 0 Å². The van der Waals surface area contributed by atoms with Crippen molar-refractivity contribution in [2.45, 2.75) is 18.6 Å². The van der Waals surface area contributed by atoms with Crippen LogP contribution in [0.25, 0.3) is 0 Å². The number of aromatic nitrogens is 1. The van der Waals surface area contributed by atoms with Crippen LogP contribution < -0.4 is 0 Å². The van der Waals surface area contributed by atoms with Crippen molar-refractivity contribution in [1.29, 1.82) is 0 Å². The van der Waals surface area contributed by atoms with Crippen LogP contribution >= 0.6 is 0 Å². The fraction of sp³-hybridized carbons (Fsp3) is 0.417. The van der Waals surface area contributed by atoms with Crippen LogP contribution in [0.1, 0.15) is 16.8 Å². The summed E-state index contributed by atoms with van der Waals surface area (Å²) in [5.41, 5.74) is 0.389. The average molecular weight is 250 g/mol. The van der Waals surface area contributed by atoms with Gasteiger partial charge in [0.1, 0.15) is 6.04 Å². The van der Waals surface area contributed by atoms with Crippen LogP contribution in [0.3, 0.4) is 0 Å². The zero-order chi connectivity index (χ0) is 13.1. The first-order valence-corrected chi connectivity index (χ1v) is 5.60. The maximum atomic E-state index is 12.2. The second-order valence-electron chi connectivity index (χ2n) is 4.15. The number of aliphatic carboxylic acids is 1. The molecule has 6 nitrogen and oxygen atoms in total. The van der Waals surface area contributed by atoms with Gasteiger partial charge in [-0.15, -0.1) is 0 Å². The van der Waals surface area contributed by atoms with Crippen molar-refractivity contribution >= 4 is 11.9 Å². The summed E-state index contributed by atoms with van der Waals surface area (Å²) in [6.45, 7) is 0.293. The summed E-state index contributed by atoms with van der Waals surface area (Å²) in [5.74, 6) is -1.33. The fourth-order valence-corrected chi connectivity index (χ4v) is 2.08. The molecule has 1 N–H and O–H groups in total. The molecule has 0 spiro atoms. The molecule has 0 radical (unpaired) electrons. The molecule has 1 aromatic heterocycles. The van der Waals surface area contributed by atoms with E-state index in [-0.39, 0.29) is 12.0 Å². The molecule has 1 aliphatic rings. The quantitative estimate of drug-likeness (QED) is 0.839. The van der Waals surface area contributed by atoms with Crippen LogP contribution in [-0.2, 0) is 9.53 Å². The van der Waals surface area contributed by atoms with Crippen molar-refractivity contribution < 1.29 is 19.4 Å². The molecule has 1 amide bonds. The molecule has 2 unspecified atom stereocenters. The summed E-state index contributed by atoms with van der Waals surface area (Å²) in [6.07, 6.45) is 3.08. The number of carbonyl (C=O) groups excluding carboxylic acids is 1. The molecular formula is C12H14N2O4. The van der Waals surface area contributed by atoms with E-state index in [0.29, 0.717) is 18.5 Å². The zero-order valence-corrected chi connectivity index (χ0v) is 9.94. The number of nitrogens with zero attached hydrogens (tertiary/aromatic N) is 2. The van der Waals surface area contributed by atoms with Crippen LogP contribution in [0.5, 0.6) is 0 Å².